The second-order valence-electron chi connectivity index (χ2n) is 5.70. The predicted octanol–water partition coefficient (Wildman–Crippen LogP) is 0.434. The summed E-state index contributed by atoms with van der Waals surface area (Å²) in [6.45, 7) is 1.45. The zero-order valence-corrected chi connectivity index (χ0v) is 16.2. The number of esters is 2. The Bertz CT molecular complexity index is 728. The quantitative estimate of drug-likeness (QED) is 0.462. The number of amides is 2. The molecule has 0 aliphatic carbocycles. The molecule has 1 rings (SSSR count). The Morgan fingerprint density at radius 1 is 1.00 bits per heavy atom. The Morgan fingerprint density at radius 2 is 1.64 bits per heavy atom. The molecule has 0 aliphatic heterocycles. The average Bonchev–Trinajstić information content (AvgIpc) is 2.71. The molecule has 0 aromatic heterocycles. The number of nitrogens with one attached hydrogen (secondary N) is 2. The fourth-order valence-electron chi connectivity index (χ4n) is 2.10. The fourth-order valence-corrected chi connectivity index (χ4v) is 2.10. The first kappa shape index (κ1) is 22.7. The second kappa shape index (κ2) is 11.4. The van der Waals surface area contributed by atoms with Crippen LogP contribution in [0.1, 0.15) is 18.9 Å². The first-order valence-corrected chi connectivity index (χ1v) is 8.38. The summed E-state index contributed by atoms with van der Waals surface area (Å²) in [6.07, 6.45) is 2.47. The summed E-state index contributed by atoms with van der Waals surface area (Å²) in [5, 5.41) is 4.83. The van der Waals surface area contributed by atoms with Gasteiger partial charge >= 0.3 is 11.9 Å². The molecule has 0 heterocycles. The van der Waals surface area contributed by atoms with Gasteiger partial charge in [0.05, 0.1) is 27.8 Å². The third-order valence-electron chi connectivity index (χ3n) is 3.70. The summed E-state index contributed by atoms with van der Waals surface area (Å²) < 4.78 is 14.1. The van der Waals surface area contributed by atoms with Gasteiger partial charge in [-0.3, -0.25) is 14.4 Å². The van der Waals surface area contributed by atoms with Gasteiger partial charge in [0.15, 0.2) is 0 Å². The summed E-state index contributed by atoms with van der Waals surface area (Å²) >= 11 is 0. The molecule has 2 atom stereocenters. The van der Waals surface area contributed by atoms with E-state index in [1.54, 1.807) is 37.5 Å². The molecule has 2 amide bonds. The van der Waals surface area contributed by atoms with E-state index < -0.39 is 35.8 Å². The van der Waals surface area contributed by atoms with E-state index >= 15 is 0 Å². The van der Waals surface area contributed by atoms with Gasteiger partial charge in [-0.1, -0.05) is 12.1 Å². The van der Waals surface area contributed by atoms with E-state index in [1.165, 1.54) is 13.0 Å². The van der Waals surface area contributed by atoms with Gasteiger partial charge in [-0.05, 0) is 30.7 Å². The van der Waals surface area contributed by atoms with Gasteiger partial charge in [0.1, 0.15) is 17.8 Å². The monoisotopic (exact) mass is 392 g/mol. The topological polar surface area (TPSA) is 120 Å². The highest BCUT2D eigenvalue weighted by Crippen LogP contribution is 2.12. The minimum absolute atomic E-state index is 0.382. The van der Waals surface area contributed by atoms with Gasteiger partial charge in [0.2, 0.25) is 11.8 Å². The van der Waals surface area contributed by atoms with Crippen molar-refractivity contribution in [2.24, 2.45) is 0 Å². The first-order chi connectivity index (χ1) is 13.3. The summed E-state index contributed by atoms with van der Waals surface area (Å²) in [6, 6.07) is 4.89. The lowest BCUT2D eigenvalue weighted by atomic mass is 10.2. The molecule has 0 radical (unpaired) electrons. The van der Waals surface area contributed by atoms with Gasteiger partial charge in [0.25, 0.3) is 0 Å². The summed E-state index contributed by atoms with van der Waals surface area (Å²) in [4.78, 5) is 47.2. The van der Waals surface area contributed by atoms with Crippen LogP contribution in [-0.4, -0.2) is 57.2 Å². The number of hydrogen-bond donors (Lipinski definition) is 2. The molecule has 0 unspecified atom stereocenters. The van der Waals surface area contributed by atoms with Crippen molar-refractivity contribution >= 4 is 29.8 Å². The lowest BCUT2D eigenvalue weighted by molar-refractivity contribution is -0.150. The number of methoxy groups -OCH3 is 3. The number of carbonyl (C=O) groups excluding carboxylic acids is 4. The van der Waals surface area contributed by atoms with Crippen molar-refractivity contribution in [3.05, 3.63) is 35.9 Å². The van der Waals surface area contributed by atoms with E-state index in [1.807, 2.05) is 0 Å². The molecule has 2 N–H and O–H groups in total. The second-order valence-corrected chi connectivity index (χ2v) is 5.70. The van der Waals surface area contributed by atoms with Crippen LogP contribution in [0, 0.1) is 0 Å². The molecule has 1 aromatic rings. The number of carbonyl (C=O) groups is 4. The highest BCUT2D eigenvalue weighted by Gasteiger charge is 2.27. The molecule has 0 spiro atoms. The molecule has 1 aromatic carbocycles. The standard InChI is InChI=1S/C19H24N2O7/c1-12(18(24)21-15(19(25)28-4)11-17(23)27-3)20-16(22)10-7-13-5-8-14(26-2)9-6-13/h5-10,12,15H,11H2,1-4H3,(H,20,22)(H,21,24)/b10-7+/t12-,15+/m1/s1. The highest BCUT2D eigenvalue weighted by molar-refractivity contribution is 5.96. The van der Waals surface area contributed by atoms with Crippen LogP contribution in [0.5, 0.6) is 5.75 Å². The molecule has 0 fully saturated rings. The van der Waals surface area contributed by atoms with Crippen molar-refractivity contribution in [3.8, 4) is 5.75 Å². The van der Waals surface area contributed by atoms with Crippen molar-refractivity contribution < 1.29 is 33.4 Å². The van der Waals surface area contributed by atoms with E-state index in [2.05, 4.69) is 20.1 Å². The Balaban J connectivity index is 2.62. The zero-order chi connectivity index (χ0) is 21.1. The smallest absolute Gasteiger partial charge is 0.328 e. The zero-order valence-electron chi connectivity index (χ0n) is 16.2. The SMILES string of the molecule is COC(=O)C[C@H](NC(=O)[C@@H](C)NC(=O)/C=C/c1ccc(OC)cc1)C(=O)OC. The molecular formula is C19H24N2O7. The minimum Gasteiger partial charge on any atom is -0.497 e. The van der Waals surface area contributed by atoms with Crippen LogP contribution in [0.2, 0.25) is 0 Å². The molecule has 0 aliphatic rings. The lowest BCUT2D eigenvalue weighted by Crippen LogP contribution is -2.51. The summed E-state index contributed by atoms with van der Waals surface area (Å²) in [5.74, 6) is -1.93. The van der Waals surface area contributed by atoms with E-state index in [0.717, 1.165) is 19.8 Å². The maximum Gasteiger partial charge on any atom is 0.328 e. The lowest BCUT2D eigenvalue weighted by Gasteiger charge is -2.18. The van der Waals surface area contributed by atoms with Crippen molar-refractivity contribution in [1.82, 2.24) is 10.6 Å². The highest BCUT2D eigenvalue weighted by atomic mass is 16.5. The maximum absolute atomic E-state index is 12.2. The third-order valence-corrected chi connectivity index (χ3v) is 3.70. The predicted molar refractivity (Wildman–Crippen MR) is 100 cm³/mol. The minimum atomic E-state index is -1.21. The van der Waals surface area contributed by atoms with E-state index in [-0.39, 0.29) is 6.42 Å². The summed E-state index contributed by atoms with van der Waals surface area (Å²) in [5.41, 5.74) is 0.775. The average molecular weight is 392 g/mol. The van der Waals surface area contributed by atoms with Gasteiger partial charge in [-0.25, -0.2) is 4.79 Å². The van der Waals surface area contributed by atoms with Crippen LogP contribution in [-0.2, 0) is 28.7 Å². The molecule has 9 heteroatoms. The largest absolute Gasteiger partial charge is 0.497 e. The number of rotatable bonds is 9. The van der Waals surface area contributed by atoms with Gasteiger partial charge in [0, 0.05) is 6.08 Å². The Kier molecular flexibility index (Phi) is 9.21. The van der Waals surface area contributed by atoms with Crippen LogP contribution >= 0.6 is 0 Å². The van der Waals surface area contributed by atoms with Crippen molar-refractivity contribution in [2.75, 3.05) is 21.3 Å². The molecule has 0 saturated heterocycles. The van der Waals surface area contributed by atoms with E-state index in [0.29, 0.717) is 5.75 Å². The molecule has 152 valence electrons. The van der Waals surface area contributed by atoms with Crippen LogP contribution in [0.3, 0.4) is 0 Å². The van der Waals surface area contributed by atoms with Gasteiger partial charge in [-0.15, -0.1) is 0 Å². The molecule has 9 nitrogen and oxygen atoms in total. The Hall–Kier alpha value is -3.36. The van der Waals surface area contributed by atoms with Crippen LogP contribution in [0.25, 0.3) is 6.08 Å². The van der Waals surface area contributed by atoms with Crippen LogP contribution in [0.15, 0.2) is 30.3 Å². The fraction of sp³-hybridized carbons (Fsp3) is 0.368. The van der Waals surface area contributed by atoms with Crippen molar-refractivity contribution in [3.63, 3.8) is 0 Å². The van der Waals surface area contributed by atoms with Crippen LogP contribution < -0.4 is 15.4 Å². The number of hydrogen-bond acceptors (Lipinski definition) is 7. The van der Waals surface area contributed by atoms with E-state index in [4.69, 9.17) is 4.74 Å². The van der Waals surface area contributed by atoms with Gasteiger partial charge < -0.3 is 24.8 Å². The van der Waals surface area contributed by atoms with Crippen molar-refractivity contribution in [1.29, 1.82) is 0 Å². The number of ether oxygens (including phenoxy) is 3. The van der Waals surface area contributed by atoms with Crippen molar-refractivity contribution in [2.45, 2.75) is 25.4 Å². The maximum atomic E-state index is 12.2. The molecule has 0 saturated carbocycles. The Morgan fingerprint density at radius 3 is 2.18 bits per heavy atom. The third kappa shape index (κ3) is 7.48. The molecular weight excluding hydrogens is 368 g/mol. The molecule has 28 heavy (non-hydrogen) atoms. The first-order valence-electron chi connectivity index (χ1n) is 8.38. The normalized spacial score (nSPS) is 12.6. The number of benzene rings is 1. The van der Waals surface area contributed by atoms with Gasteiger partial charge in [-0.2, -0.15) is 0 Å². The summed E-state index contributed by atoms with van der Waals surface area (Å²) in [7, 11) is 3.85. The van der Waals surface area contributed by atoms with E-state index in [9.17, 15) is 19.2 Å². The molecule has 0 bridgehead atoms. The Labute approximate surface area is 163 Å². The van der Waals surface area contributed by atoms with Crippen LogP contribution in [0.4, 0.5) is 0 Å².